The highest BCUT2D eigenvalue weighted by molar-refractivity contribution is 7.61. The van der Waals surface area contributed by atoms with Crippen molar-refractivity contribution in [1.82, 2.24) is 19.5 Å². The van der Waals surface area contributed by atoms with E-state index < -0.39 is 54.6 Å². The van der Waals surface area contributed by atoms with Gasteiger partial charge < -0.3 is 30.5 Å². The van der Waals surface area contributed by atoms with Gasteiger partial charge in [-0.2, -0.15) is 4.31 Å². The Bertz CT molecular complexity index is 1170. The molecule has 1 fully saturated rings. The molecule has 0 amide bonds. The fraction of sp³-hybridized carbons (Fsp3) is 0.500. The first-order valence-corrected chi connectivity index (χ1v) is 13.1. The van der Waals surface area contributed by atoms with Crippen LogP contribution < -0.4 is 5.73 Å². The van der Waals surface area contributed by atoms with Gasteiger partial charge in [0.15, 0.2) is 17.7 Å². The van der Waals surface area contributed by atoms with Gasteiger partial charge >= 0.3 is 23.5 Å². The Morgan fingerprint density at radius 1 is 1.06 bits per heavy atom. The van der Waals surface area contributed by atoms with Gasteiger partial charge in [-0.15, -0.1) is 14.0 Å². The Labute approximate surface area is 191 Å². The number of nitrogens with two attached hydrogens (primary N) is 1. The number of nitrogens with zero attached hydrogens (tertiary/aromatic N) is 4. The van der Waals surface area contributed by atoms with Crippen molar-refractivity contribution in [1.29, 1.82) is 0 Å². The maximum absolute atomic E-state index is 11.5. The van der Waals surface area contributed by atoms with Gasteiger partial charge in [-0.05, 0) is 0 Å². The second kappa shape index (κ2) is 10.8. The fourth-order valence-electron chi connectivity index (χ4n) is 2.58. The average Bonchev–Trinajstić information content (AvgIpc) is 3.31. The van der Waals surface area contributed by atoms with Gasteiger partial charge in [-0.3, -0.25) is 9.46 Å². The summed E-state index contributed by atoms with van der Waals surface area (Å²) in [5.41, 5.74) is 6.07. The second-order valence-corrected chi connectivity index (χ2v) is 10.4. The van der Waals surface area contributed by atoms with Crippen molar-refractivity contribution in [3.05, 3.63) is 12.7 Å². The van der Waals surface area contributed by atoms with E-state index in [1.54, 1.807) is 0 Å². The molecule has 2 aromatic rings. The third-order valence-electron chi connectivity index (χ3n) is 3.93. The molecule has 0 aliphatic carbocycles. The van der Waals surface area contributed by atoms with Gasteiger partial charge in [-0.1, -0.05) is 9.71 Å². The molecule has 1 aliphatic rings. The molecule has 3 rings (SSSR count). The van der Waals surface area contributed by atoms with Crippen LogP contribution in [0.3, 0.4) is 0 Å². The number of nitrogen functional groups attached to an aromatic ring is 1. The predicted octanol–water partition coefficient (Wildman–Crippen LogP) is -1.34. The number of ether oxygens (including phenoxy) is 1. The number of aromatic nitrogens is 4. The third-order valence-corrected chi connectivity index (χ3v) is 6.67. The smallest absolute Gasteiger partial charge is 0.387 e. The summed E-state index contributed by atoms with van der Waals surface area (Å²) in [5, 5.41) is 32.7. The summed E-state index contributed by atoms with van der Waals surface area (Å²) >= 11 is 0. The van der Waals surface area contributed by atoms with E-state index in [0.717, 1.165) is 6.33 Å². The Morgan fingerprint density at radius 2 is 1.77 bits per heavy atom. The molecule has 0 saturated carbocycles. The summed E-state index contributed by atoms with van der Waals surface area (Å²) in [5.74, 6) is 0.0575. The van der Waals surface area contributed by atoms with E-state index in [-0.39, 0.29) is 17.0 Å². The molecule has 6 atom stereocenters. The molecule has 1 aliphatic heterocycles. The molecule has 22 nitrogen and oxygen atoms in total. The highest BCUT2D eigenvalue weighted by Crippen LogP contribution is 2.63. The number of imidazole rings is 1. The Kier molecular flexibility index (Phi) is 8.69. The largest absolute Gasteiger partial charge is 0.538 e. The Hall–Kier alpha value is -1.52. The predicted molar refractivity (Wildman–Crippen MR) is 100 cm³/mol. The fourth-order valence-corrected chi connectivity index (χ4v) is 4.68. The van der Waals surface area contributed by atoms with Crippen LogP contribution in [-0.4, -0.2) is 74.6 Å². The Balaban J connectivity index is 1.51. The zero-order valence-corrected chi connectivity index (χ0v) is 19.2. The van der Waals surface area contributed by atoms with E-state index >= 15 is 0 Å². The first kappa shape index (κ1) is 28.1. The van der Waals surface area contributed by atoms with Crippen LogP contribution in [0.4, 0.5) is 5.82 Å². The summed E-state index contributed by atoms with van der Waals surface area (Å²) in [4.78, 5) is 42.4. The van der Waals surface area contributed by atoms with Crippen molar-refractivity contribution in [2.24, 2.45) is 0 Å². The number of aliphatic hydroxyl groups excluding tert-OH is 2. The molecular weight excluding hydrogens is 555 g/mol. The molecule has 1 saturated heterocycles. The minimum absolute atomic E-state index is 0.0575. The molecule has 35 heavy (non-hydrogen) atoms. The minimum atomic E-state index is -5.58. The summed E-state index contributed by atoms with van der Waals surface area (Å²) in [6.07, 6.45) is -3.25. The van der Waals surface area contributed by atoms with Crippen LogP contribution in [0, 0.1) is 0 Å². The van der Waals surface area contributed by atoms with E-state index in [4.69, 9.17) is 25.5 Å². The standard InChI is InChI=1S/C10H16N5O17P3/c11-8-5-9(13-2-12-8)15(3-14-5)10-7(17)6(16)4(26-10)1-25-28-29-34(22,23)30-31-35(24,27-18)32-33(19,20)21/h2-4,6-7,10,16-18H,1H2,(H,22,23)(H2,11,12,13)(H2,19,20,21)/t4-,6-,7-,10-,35?/m1/s1. The number of rotatable bonds is 12. The zero-order chi connectivity index (χ0) is 26.0. The number of anilines is 1. The van der Waals surface area contributed by atoms with E-state index in [1.165, 1.54) is 10.9 Å². The minimum Gasteiger partial charge on any atom is -0.387 e. The lowest BCUT2D eigenvalue weighted by atomic mass is 10.1. The molecule has 0 spiro atoms. The van der Waals surface area contributed by atoms with Gasteiger partial charge in [-0.25, -0.2) is 38.8 Å². The topological polar surface area (TPSA) is 316 Å². The third kappa shape index (κ3) is 7.04. The van der Waals surface area contributed by atoms with Gasteiger partial charge in [0, 0.05) is 0 Å². The Morgan fingerprint density at radius 3 is 2.43 bits per heavy atom. The van der Waals surface area contributed by atoms with E-state index in [9.17, 15) is 28.8 Å². The van der Waals surface area contributed by atoms with Crippen molar-refractivity contribution in [2.45, 2.75) is 24.5 Å². The van der Waals surface area contributed by atoms with Crippen molar-refractivity contribution in [3.8, 4) is 0 Å². The zero-order valence-electron chi connectivity index (χ0n) is 16.6. The SMILES string of the molecule is Nc1ncnc2c1ncn2[C@@H]1O[C@H](COOOP(=O)(O)OOP(=O)(OO)OP(=O)(O)O)[C@@H](O)[C@H]1O. The van der Waals surface area contributed by atoms with Gasteiger partial charge in [0.2, 0.25) is 0 Å². The highest BCUT2D eigenvalue weighted by atomic mass is 31.3. The first-order chi connectivity index (χ1) is 16.3. The molecule has 0 aromatic carbocycles. The van der Waals surface area contributed by atoms with Crippen LogP contribution >= 0.6 is 23.5 Å². The maximum Gasteiger partial charge on any atom is 0.538 e. The van der Waals surface area contributed by atoms with Crippen LogP contribution in [0.5, 0.6) is 0 Å². The average molecular weight is 571 g/mol. The number of aliphatic hydroxyl groups is 2. The van der Waals surface area contributed by atoms with Crippen LogP contribution in [0.25, 0.3) is 11.2 Å². The molecule has 0 bridgehead atoms. The van der Waals surface area contributed by atoms with Gasteiger partial charge in [0.05, 0.1) is 6.33 Å². The maximum atomic E-state index is 11.5. The lowest BCUT2D eigenvalue weighted by Crippen LogP contribution is -2.33. The van der Waals surface area contributed by atoms with Gasteiger partial charge in [0.1, 0.15) is 36.8 Å². The highest BCUT2D eigenvalue weighted by Gasteiger charge is 2.45. The van der Waals surface area contributed by atoms with Crippen molar-refractivity contribution in [2.75, 3.05) is 12.3 Å². The van der Waals surface area contributed by atoms with E-state index in [0.29, 0.717) is 0 Å². The lowest BCUT2D eigenvalue weighted by molar-refractivity contribution is -0.480. The normalized spacial score (nSPS) is 26.6. The number of fused-ring (bicyclic) bond motifs is 1. The van der Waals surface area contributed by atoms with Gasteiger partial charge in [0.25, 0.3) is 0 Å². The monoisotopic (exact) mass is 571 g/mol. The molecule has 198 valence electrons. The van der Waals surface area contributed by atoms with Crippen molar-refractivity contribution < 1.29 is 81.5 Å². The summed E-state index contributed by atoms with van der Waals surface area (Å²) in [6.45, 7) is -0.723. The van der Waals surface area contributed by atoms with E-state index in [1.807, 2.05) is 0 Å². The van der Waals surface area contributed by atoms with Crippen molar-refractivity contribution >= 4 is 40.4 Å². The van der Waals surface area contributed by atoms with Crippen LogP contribution in [0.2, 0.25) is 0 Å². The summed E-state index contributed by atoms with van der Waals surface area (Å²) in [7, 11) is -16.7. The summed E-state index contributed by atoms with van der Waals surface area (Å²) < 4.78 is 57.7. The molecule has 0 radical (unpaired) electrons. The van der Waals surface area contributed by atoms with Crippen LogP contribution in [0.15, 0.2) is 12.7 Å². The number of hydrogen-bond acceptors (Lipinski definition) is 18. The van der Waals surface area contributed by atoms with Crippen LogP contribution in [0.1, 0.15) is 6.23 Å². The lowest BCUT2D eigenvalue weighted by Gasteiger charge is -2.16. The summed E-state index contributed by atoms with van der Waals surface area (Å²) in [6, 6.07) is 0. The second-order valence-electron chi connectivity index (χ2n) is 6.28. The molecule has 8 N–H and O–H groups in total. The molecule has 25 heteroatoms. The molecule has 2 aromatic heterocycles. The van der Waals surface area contributed by atoms with Crippen LogP contribution in [-0.2, 0) is 51.4 Å². The van der Waals surface area contributed by atoms with Crippen molar-refractivity contribution in [3.63, 3.8) is 0 Å². The molecular formula is C10H16N5O17P3. The quantitative estimate of drug-likeness (QED) is 0.0671. The number of hydrogen-bond donors (Lipinski definition) is 7. The molecule has 2 unspecified atom stereocenters. The first-order valence-electron chi connectivity index (χ1n) is 8.58. The van der Waals surface area contributed by atoms with E-state index in [2.05, 4.69) is 47.9 Å². The molecule has 3 heterocycles. The number of phosphoric acid groups is 3.